The van der Waals surface area contributed by atoms with Crippen LogP contribution >= 0.6 is 18.9 Å². The van der Waals surface area contributed by atoms with Gasteiger partial charge in [-0.1, -0.05) is 0 Å². The van der Waals surface area contributed by atoms with Crippen LogP contribution in [0.5, 0.6) is 11.6 Å². The van der Waals surface area contributed by atoms with Crippen molar-refractivity contribution in [3.8, 4) is 28.1 Å². The first-order valence-corrected chi connectivity index (χ1v) is 13.1. The van der Waals surface area contributed by atoms with Crippen LogP contribution in [0.2, 0.25) is 0 Å². The molecule has 10 nitrogen and oxygen atoms in total. The maximum atomic E-state index is 13.0. The minimum atomic E-state index is -5.00. The Morgan fingerprint density at radius 3 is 2.51 bits per heavy atom. The molecule has 0 aliphatic rings. The van der Waals surface area contributed by atoms with Crippen LogP contribution in [-0.2, 0) is 20.8 Å². The van der Waals surface area contributed by atoms with E-state index in [9.17, 15) is 31.0 Å². The fourth-order valence-corrected chi connectivity index (χ4v) is 6.42. The van der Waals surface area contributed by atoms with Gasteiger partial charge in [-0.3, -0.25) is 4.57 Å². The molecule has 0 saturated carbocycles. The molecule has 2 aromatic heterocycles. The van der Waals surface area contributed by atoms with Gasteiger partial charge in [0.05, 0.1) is 30.6 Å². The van der Waals surface area contributed by atoms with E-state index in [0.29, 0.717) is 22.4 Å². The van der Waals surface area contributed by atoms with Gasteiger partial charge in [0.1, 0.15) is 9.96 Å². The average molecular weight is 550 g/mol. The second kappa shape index (κ2) is 10.7. The lowest BCUT2D eigenvalue weighted by molar-refractivity contribution is -0.191. The number of quaternary nitrogens is 1. The van der Waals surface area contributed by atoms with Gasteiger partial charge < -0.3 is 20.3 Å². The number of hydrogen-bond acceptors (Lipinski definition) is 9. The predicted molar refractivity (Wildman–Crippen MR) is 120 cm³/mol. The van der Waals surface area contributed by atoms with Crippen molar-refractivity contribution in [3.05, 3.63) is 59.8 Å². The minimum absolute atomic E-state index is 0. The summed E-state index contributed by atoms with van der Waals surface area (Å²) < 4.78 is 87.6. The molecule has 188 valence electrons. The second-order valence-electron chi connectivity index (χ2n) is 6.53. The Morgan fingerprint density at radius 1 is 1.23 bits per heavy atom. The summed E-state index contributed by atoms with van der Waals surface area (Å²) in [5, 5.41) is 8.79. The normalized spacial score (nSPS) is 13.3. The van der Waals surface area contributed by atoms with Gasteiger partial charge in [-0.05, 0) is 36.4 Å². The van der Waals surface area contributed by atoms with Crippen LogP contribution in [0.3, 0.4) is 0 Å². The molecule has 35 heavy (non-hydrogen) atoms. The Bertz CT molecular complexity index is 1390. The lowest BCUT2D eigenvalue weighted by Crippen LogP contribution is -2.28. The fourth-order valence-electron chi connectivity index (χ4n) is 2.61. The number of aromatic nitrogens is 1. The van der Waals surface area contributed by atoms with Gasteiger partial charge in [0.15, 0.2) is 7.60 Å². The number of ether oxygens (including phenoxy) is 1. The van der Waals surface area contributed by atoms with Crippen molar-refractivity contribution in [3.63, 3.8) is 0 Å². The van der Waals surface area contributed by atoms with Crippen LogP contribution in [0.15, 0.2) is 52.9 Å². The van der Waals surface area contributed by atoms with E-state index >= 15 is 0 Å². The predicted octanol–water partition coefficient (Wildman–Crippen LogP) is 3.95. The highest BCUT2D eigenvalue weighted by atomic mass is 32.2. The van der Waals surface area contributed by atoms with E-state index in [1.165, 1.54) is 31.5 Å². The van der Waals surface area contributed by atoms with E-state index in [-0.39, 0.29) is 10.4 Å². The summed E-state index contributed by atoms with van der Waals surface area (Å²) in [4.78, 5) is 16.8. The molecule has 3 rings (SSSR count). The summed E-state index contributed by atoms with van der Waals surface area (Å²) >= 11 is 0.850. The molecule has 0 fully saturated rings. The molecule has 0 amide bonds. The number of rotatable bonds is 8. The smallest absolute Gasteiger partial charge is 0.417 e. The van der Waals surface area contributed by atoms with Gasteiger partial charge in [-0.15, -0.1) is 11.3 Å². The molecule has 16 heteroatoms. The van der Waals surface area contributed by atoms with Crippen molar-refractivity contribution in [2.45, 2.75) is 10.4 Å². The number of thiophene rings is 1. The van der Waals surface area contributed by atoms with E-state index < -0.39 is 47.0 Å². The Hall–Kier alpha value is -2.99. The summed E-state index contributed by atoms with van der Waals surface area (Å²) in [6.45, 7) is 0. The number of benzene rings is 1. The highest BCUT2D eigenvalue weighted by Crippen LogP contribution is 2.41. The molecule has 2 heterocycles. The van der Waals surface area contributed by atoms with Crippen molar-refractivity contribution in [2.75, 3.05) is 13.4 Å². The number of nitriles is 1. The van der Waals surface area contributed by atoms with E-state index in [2.05, 4.69) is 9.51 Å². The van der Waals surface area contributed by atoms with Crippen LogP contribution < -0.4 is 25.0 Å². The largest absolute Gasteiger partial charge is 0.768 e. The monoisotopic (exact) mass is 550 g/mol. The quantitative estimate of drug-likeness (QED) is 0.396. The Balaban J connectivity index is 0.00000432. The highest BCUT2D eigenvalue weighted by Gasteiger charge is 2.34. The molecular formula is C19H18F3N4O6PS2. The third-order valence-corrected chi connectivity index (χ3v) is 8.46. The molecule has 3 aromatic rings. The number of nitrogens with zero attached hydrogens (tertiary/aromatic N) is 2. The zero-order valence-electron chi connectivity index (χ0n) is 18.1. The molecule has 0 spiro atoms. The Morgan fingerprint density at radius 2 is 1.94 bits per heavy atom. The maximum absolute atomic E-state index is 13.0. The zero-order chi connectivity index (χ0) is 25.1. The molecule has 1 atom stereocenters. The summed E-state index contributed by atoms with van der Waals surface area (Å²) in [7, 11) is -7.83. The van der Waals surface area contributed by atoms with Crippen LogP contribution in [0.4, 0.5) is 13.2 Å². The van der Waals surface area contributed by atoms with Crippen molar-refractivity contribution in [2.24, 2.45) is 0 Å². The topological polar surface area (TPSA) is 178 Å². The Labute approximate surface area is 202 Å². The molecule has 1 unspecified atom stereocenters. The van der Waals surface area contributed by atoms with Crippen molar-refractivity contribution in [1.82, 2.24) is 15.9 Å². The fraction of sp³-hybridized carbons (Fsp3) is 0.158. The van der Waals surface area contributed by atoms with Gasteiger partial charge in [-0.25, -0.2) is 18.1 Å². The summed E-state index contributed by atoms with van der Waals surface area (Å²) in [5.74, 6) is -0.347. The van der Waals surface area contributed by atoms with Gasteiger partial charge in [-0.2, -0.15) is 18.4 Å². The van der Waals surface area contributed by atoms with Crippen LogP contribution in [0.1, 0.15) is 11.1 Å². The molecule has 0 saturated heterocycles. The number of pyridine rings is 1. The SMILES string of the molecule is COc1ccc(-c2ccc(S(=O)(=O)NCP(=O)([O-])Oc3ccc(C#N)c(C(F)(F)F)c3)s2)cn1.[NH4+]. The van der Waals surface area contributed by atoms with E-state index in [1.54, 1.807) is 12.1 Å². The van der Waals surface area contributed by atoms with E-state index in [0.717, 1.165) is 23.5 Å². The third kappa shape index (κ3) is 7.01. The molecule has 0 aliphatic carbocycles. The van der Waals surface area contributed by atoms with Gasteiger partial charge in [0.25, 0.3) is 10.0 Å². The highest BCUT2D eigenvalue weighted by molar-refractivity contribution is 7.92. The van der Waals surface area contributed by atoms with E-state index in [4.69, 9.17) is 10.00 Å². The van der Waals surface area contributed by atoms with Crippen molar-refractivity contribution in [1.29, 1.82) is 5.26 Å². The minimum Gasteiger partial charge on any atom is -0.768 e. The molecule has 0 radical (unpaired) electrons. The standard InChI is InChI=1S/C19H15F3N3O6PS2.H3N/c1-30-17-6-3-13(10-24-17)16-5-7-18(33-16)34(28,29)25-11-32(26,27)31-14-4-2-12(9-23)15(8-14)19(20,21)22;/h2-8,10,25H,11H2,1H3,(H,26,27);1H3. The zero-order valence-corrected chi connectivity index (χ0v) is 20.6. The summed E-state index contributed by atoms with van der Waals surface area (Å²) in [6, 6.07) is 9.33. The number of alkyl halides is 3. The Kier molecular flexibility index (Phi) is 8.66. The van der Waals surface area contributed by atoms with Crippen LogP contribution in [0.25, 0.3) is 10.4 Å². The van der Waals surface area contributed by atoms with E-state index in [1.807, 2.05) is 4.72 Å². The lowest BCUT2D eigenvalue weighted by atomic mass is 10.1. The molecule has 5 N–H and O–H groups in total. The summed E-state index contributed by atoms with van der Waals surface area (Å²) in [6.07, 6.45) is -4.66. The first-order valence-electron chi connectivity index (χ1n) is 9.05. The van der Waals surface area contributed by atoms with Crippen molar-refractivity contribution >= 4 is 29.0 Å². The third-order valence-electron chi connectivity index (χ3n) is 4.19. The number of hydrogen-bond donors (Lipinski definition) is 2. The molecular weight excluding hydrogens is 532 g/mol. The van der Waals surface area contributed by atoms with Gasteiger partial charge in [0, 0.05) is 22.7 Å². The maximum Gasteiger partial charge on any atom is 0.417 e. The van der Waals surface area contributed by atoms with Gasteiger partial charge >= 0.3 is 6.18 Å². The number of nitrogens with one attached hydrogen (secondary N) is 1. The molecule has 1 aromatic carbocycles. The summed E-state index contributed by atoms with van der Waals surface area (Å²) in [5.41, 5.74) is -1.50. The van der Waals surface area contributed by atoms with Crippen molar-refractivity contribution < 1.29 is 40.3 Å². The number of methoxy groups -OCH3 is 1. The first kappa shape index (κ1) is 28.2. The van der Waals surface area contributed by atoms with Crippen LogP contribution in [-0.4, -0.2) is 26.8 Å². The average Bonchev–Trinajstić information content (AvgIpc) is 3.28. The van der Waals surface area contributed by atoms with Crippen LogP contribution in [0, 0.1) is 11.3 Å². The second-order valence-corrected chi connectivity index (χ2v) is 11.3. The number of halogens is 3. The lowest BCUT2D eigenvalue weighted by Gasteiger charge is -2.24. The molecule has 0 bridgehead atoms. The van der Waals surface area contributed by atoms with Gasteiger partial charge in [0.2, 0.25) is 5.88 Å². The molecule has 0 aliphatic heterocycles. The first-order chi connectivity index (χ1) is 15.8. The number of sulfonamides is 1.